The minimum absolute atomic E-state index is 0.122. The molecule has 2 aromatic carbocycles. The van der Waals surface area contributed by atoms with Crippen LogP contribution in [-0.2, 0) is 14.3 Å². The number of pyridine rings is 1. The molecule has 1 aliphatic carbocycles. The largest absolute Gasteiger partial charge is 0.493 e. The summed E-state index contributed by atoms with van der Waals surface area (Å²) in [5, 5.41) is 2.68. The van der Waals surface area contributed by atoms with Crippen molar-refractivity contribution in [3.8, 4) is 11.5 Å². The van der Waals surface area contributed by atoms with E-state index >= 15 is 0 Å². The van der Waals surface area contributed by atoms with Gasteiger partial charge in [0.25, 0.3) is 5.91 Å². The van der Waals surface area contributed by atoms with Crippen molar-refractivity contribution in [1.29, 1.82) is 0 Å². The summed E-state index contributed by atoms with van der Waals surface area (Å²) in [7, 11) is 1.36. The van der Waals surface area contributed by atoms with Gasteiger partial charge in [0.1, 0.15) is 22.9 Å². The number of methoxy groups -OCH3 is 1. The lowest BCUT2D eigenvalue weighted by Gasteiger charge is -2.21. The van der Waals surface area contributed by atoms with Crippen LogP contribution in [0.2, 0.25) is 0 Å². The number of hydrogen-bond donors (Lipinski definition) is 1. The zero-order valence-corrected chi connectivity index (χ0v) is 23.3. The molecule has 1 aliphatic rings. The minimum Gasteiger partial charge on any atom is -0.493 e. The van der Waals surface area contributed by atoms with E-state index in [-0.39, 0.29) is 23.0 Å². The molecule has 0 spiro atoms. The molecule has 214 valence electrons. The number of amides is 1. The molecule has 0 saturated heterocycles. The molecular weight excluding hydrogens is 534 g/mol. The number of allylic oxidation sites excluding steroid dienone is 1. The summed E-state index contributed by atoms with van der Waals surface area (Å²) in [4.78, 5) is 43.4. The highest BCUT2D eigenvalue weighted by molar-refractivity contribution is 6.01. The molecule has 1 aromatic heterocycles. The Balaban J connectivity index is 1.61. The van der Waals surface area contributed by atoms with Crippen molar-refractivity contribution < 1.29 is 37.4 Å². The Morgan fingerprint density at radius 3 is 1.90 bits per heavy atom. The molecular formula is C31H30F2N2O6. The Labute approximate surface area is 236 Å². The van der Waals surface area contributed by atoms with E-state index in [1.807, 2.05) is 0 Å². The van der Waals surface area contributed by atoms with Crippen LogP contribution in [0.4, 0.5) is 8.78 Å². The van der Waals surface area contributed by atoms with Crippen LogP contribution >= 0.6 is 0 Å². The summed E-state index contributed by atoms with van der Waals surface area (Å²) < 4.78 is 43.7. The second-order valence-corrected chi connectivity index (χ2v) is 10.7. The zero-order chi connectivity index (χ0) is 29.9. The first kappa shape index (κ1) is 29.4. The van der Waals surface area contributed by atoms with Crippen LogP contribution in [0.15, 0.2) is 66.6 Å². The second-order valence-electron chi connectivity index (χ2n) is 10.7. The van der Waals surface area contributed by atoms with Crippen molar-refractivity contribution >= 4 is 23.4 Å². The summed E-state index contributed by atoms with van der Waals surface area (Å²) in [6, 6.07) is 12.6. The highest BCUT2D eigenvalue weighted by atomic mass is 19.1. The lowest BCUT2D eigenvalue weighted by Crippen LogP contribution is -2.44. The Kier molecular flexibility index (Phi) is 8.23. The van der Waals surface area contributed by atoms with Crippen LogP contribution in [0.3, 0.4) is 0 Å². The standard InChI is InChI=1S/C31H30F2N2O6/c1-18(24(19-6-10-21(32)11-7-19)20-8-12-22(33)13-9-20)40-29(38)31(15-16-31)35-27(36)25-26(23(39-5)14-17-34-25)41-28(37)30(2,3)4/h6-14,17H,15-16H2,1-5H3,(H,35,36). The van der Waals surface area contributed by atoms with Gasteiger partial charge in [-0.3, -0.25) is 9.59 Å². The minimum atomic E-state index is -1.34. The third-order valence-electron chi connectivity index (χ3n) is 6.47. The van der Waals surface area contributed by atoms with Gasteiger partial charge in [-0.2, -0.15) is 0 Å². The summed E-state index contributed by atoms with van der Waals surface area (Å²) >= 11 is 0. The lowest BCUT2D eigenvalue weighted by atomic mass is 9.97. The predicted octanol–water partition coefficient (Wildman–Crippen LogP) is 5.61. The molecule has 0 unspecified atom stereocenters. The van der Waals surface area contributed by atoms with E-state index in [9.17, 15) is 23.2 Å². The van der Waals surface area contributed by atoms with Gasteiger partial charge in [0.2, 0.25) is 5.75 Å². The number of carbonyl (C=O) groups excluding carboxylic acids is 3. The first-order valence-corrected chi connectivity index (χ1v) is 12.9. The molecule has 4 rings (SSSR count). The highest BCUT2D eigenvalue weighted by Gasteiger charge is 2.53. The number of carbonyl (C=O) groups is 3. The fourth-order valence-corrected chi connectivity index (χ4v) is 3.97. The number of benzene rings is 2. The van der Waals surface area contributed by atoms with E-state index < -0.39 is 40.4 Å². The average Bonchev–Trinajstić information content (AvgIpc) is 3.71. The van der Waals surface area contributed by atoms with Gasteiger partial charge in [0.15, 0.2) is 11.4 Å². The normalized spacial score (nSPS) is 13.5. The Bertz CT molecular complexity index is 1460. The molecule has 10 heteroatoms. The quantitative estimate of drug-likeness (QED) is 0.280. The van der Waals surface area contributed by atoms with Crippen LogP contribution in [0, 0.1) is 17.0 Å². The van der Waals surface area contributed by atoms with Gasteiger partial charge in [-0.1, -0.05) is 24.3 Å². The highest BCUT2D eigenvalue weighted by Crippen LogP contribution is 2.40. The monoisotopic (exact) mass is 564 g/mol. The van der Waals surface area contributed by atoms with Crippen LogP contribution in [0.5, 0.6) is 11.5 Å². The third-order valence-corrected chi connectivity index (χ3v) is 6.47. The lowest BCUT2D eigenvalue weighted by molar-refractivity contribution is -0.143. The average molecular weight is 565 g/mol. The Morgan fingerprint density at radius 1 is 0.902 bits per heavy atom. The Hall–Kier alpha value is -4.60. The molecule has 0 aliphatic heterocycles. The molecule has 1 N–H and O–H groups in total. The maximum atomic E-state index is 13.6. The fraction of sp³-hybridized carbons (Fsp3) is 0.290. The molecule has 0 atom stereocenters. The van der Waals surface area contributed by atoms with Crippen molar-refractivity contribution in [2.45, 2.75) is 46.1 Å². The number of nitrogens with one attached hydrogen (secondary N) is 1. The van der Waals surface area contributed by atoms with E-state index in [4.69, 9.17) is 14.2 Å². The van der Waals surface area contributed by atoms with Gasteiger partial charge in [-0.05, 0) is 75.9 Å². The molecule has 1 heterocycles. The number of rotatable bonds is 8. The molecule has 41 heavy (non-hydrogen) atoms. The molecule has 3 aromatic rings. The van der Waals surface area contributed by atoms with Gasteiger partial charge in [-0.25, -0.2) is 18.6 Å². The molecule has 0 radical (unpaired) electrons. The summed E-state index contributed by atoms with van der Waals surface area (Å²) in [5.74, 6) is -2.84. The first-order valence-electron chi connectivity index (χ1n) is 12.9. The topological polar surface area (TPSA) is 104 Å². The predicted molar refractivity (Wildman–Crippen MR) is 146 cm³/mol. The summed E-state index contributed by atoms with van der Waals surface area (Å²) in [6.45, 7) is 6.55. The SMILES string of the molecule is COc1ccnc(C(=O)NC2(C(=O)OC(C)=C(c3ccc(F)cc3)c3ccc(F)cc3)CC2)c1OC(=O)C(C)(C)C. The smallest absolute Gasteiger partial charge is 0.336 e. The number of esters is 2. The van der Waals surface area contributed by atoms with Crippen LogP contribution < -0.4 is 14.8 Å². The Morgan fingerprint density at radius 2 is 1.44 bits per heavy atom. The molecule has 1 fully saturated rings. The van der Waals surface area contributed by atoms with Gasteiger partial charge in [0, 0.05) is 17.8 Å². The van der Waals surface area contributed by atoms with Gasteiger partial charge in [0.05, 0.1) is 12.5 Å². The van der Waals surface area contributed by atoms with Crippen LogP contribution in [0.1, 0.15) is 62.2 Å². The maximum Gasteiger partial charge on any atom is 0.336 e. The fourth-order valence-electron chi connectivity index (χ4n) is 3.97. The zero-order valence-electron chi connectivity index (χ0n) is 23.3. The third kappa shape index (κ3) is 6.59. The van der Waals surface area contributed by atoms with Crippen molar-refractivity contribution in [1.82, 2.24) is 10.3 Å². The molecule has 1 amide bonds. The van der Waals surface area contributed by atoms with Crippen molar-refractivity contribution in [3.05, 3.63) is 95.0 Å². The summed E-state index contributed by atoms with van der Waals surface area (Å²) in [5.41, 5.74) is -0.901. The van der Waals surface area contributed by atoms with E-state index in [0.717, 1.165) is 0 Å². The van der Waals surface area contributed by atoms with Crippen molar-refractivity contribution in [2.75, 3.05) is 7.11 Å². The van der Waals surface area contributed by atoms with Crippen LogP contribution in [-0.4, -0.2) is 35.5 Å². The summed E-state index contributed by atoms with van der Waals surface area (Å²) in [6.07, 6.45) is 1.92. The molecule has 1 saturated carbocycles. The number of aromatic nitrogens is 1. The van der Waals surface area contributed by atoms with Crippen molar-refractivity contribution in [3.63, 3.8) is 0 Å². The first-order chi connectivity index (χ1) is 19.3. The number of hydrogen-bond acceptors (Lipinski definition) is 7. The van der Waals surface area contributed by atoms with Crippen LogP contribution in [0.25, 0.3) is 5.57 Å². The number of halogens is 2. The van der Waals surface area contributed by atoms with Gasteiger partial charge >= 0.3 is 11.9 Å². The van der Waals surface area contributed by atoms with E-state index in [0.29, 0.717) is 29.5 Å². The van der Waals surface area contributed by atoms with E-state index in [2.05, 4.69) is 10.3 Å². The van der Waals surface area contributed by atoms with Gasteiger partial charge < -0.3 is 19.5 Å². The van der Waals surface area contributed by atoms with E-state index in [1.54, 1.807) is 27.7 Å². The molecule has 8 nitrogen and oxygen atoms in total. The maximum absolute atomic E-state index is 13.6. The number of nitrogens with zero attached hydrogens (tertiary/aromatic N) is 1. The molecule has 0 bridgehead atoms. The van der Waals surface area contributed by atoms with E-state index in [1.165, 1.54) is 67.9 Å². The van der Waals surface area contributed by atoms with Crippen molar-refractivity contribution in [2.24, 2.45) is 5.41 Å². The second kappa shape index (κ2) is 11.5. The van der Waals surface area contributed by atoms with Gasteiger partial charge in [-0.15, -0.1) is 0 Å². The number of ether oxygens (including phenoxy) is 3.